The second-order valence-electron chi connectivity index (χ2n) is 7.53. The van der Waals surface area contributed by atoms with E-state index in [2.05, 4.69) is 37.9 Å². The number of carbonyl (C=O) groups is 2. The van der Waals surface area contributed by atoms with E-state index in [-0.39, 0.29) is 24.3 Å². The number of nitrogens with zero attached hydrogens (tertiary/aromatic N) is 2. The maximum Gasteiger partial charge on any atom is 0.293 e. The monoisotopic (exact) mass is 612 g/mol. The lowest BCUT2D eigenvalue weighted by Crippen LogP contribution is -2.27. The van der Waals surface area contributed by atoms with Gasteiger partial charge < -0.3 is 9.47 Å². The minimum absolute atomic E-state index is 0.205. The Kier molecular flexibility index (Phi) is 7.96. The largest absolute Gasteiger partial charge is 0.493 e. The fourth-order valence-corrected chi connectivity index (χ4v) is 5.26. The summed E-state index contributed by atoms with van der Waals surface area (Å²) in [5, 5.41) is 8.63. The van der Waals surface area contributed by atoms with Crippen molar-refractivity contribution in [1.82, 2.24) is 4.90 Å². The number of methoxy groups -OCH3 is 1. The van der Waals surface area contributed by atoms with Gasteiger partial charge in [0.15, 0.2) is 11.5 Å². The van der Waals surface area contributed by atoms with Crippen molar-refractivity contribution in [3.63, 3.8) is 0 Å². The number of rotatable bonds is 7. The van der Waals surface area contributed by atoms with E-state index >= 15 is 0 Å². The second-order valence-corrected chi connectivity index (χ2v) is 10.3. The van der Waals surface area contributed by atoms with E-state index in [0.717, 1.165) is 27.4 Å². The molecule has 0 bridgehead atoms. The van der Waals surface area contributed by atoms with E-state index in [4.69, 9.17) is 14.7 Å². The first-order chi connectivity index (χ1) is 16.9. The van der Waals surface area contributed by atoms with E-state index in [0.29, 0.717) is 32.0 Å². The summed E-state index contributed by atoms with van der Waals surface area (Å²) in [4.78, 5) is 27.0. The van der Waals surface area contributed by atoms with Crippen molar-refractivity contribution in [2.45, 2.75) is 13.2 Å². The summed E-state index contributed by atoms with van der Waals surface area (Å²) in [6, 6.07) is 20.3. The molecule has 1 aliphatic heterocycles. The zero-order chi connectivity index (χ0) is 24.9. The minimum Gasteiger partial charge on any atom is -0.493 e. The molecule has 0 N–H and O–H groups in total. The molecule has 0 saturated carbocycles. The first-order valence-corrected chi connectivity index (χ1v) is 12.8. The van der Waals surface area contributed by atoms with Crippen molar-refractivity contribution < 1.29 is 19.1 Å². The first kappa shape index (κ1) is 25.0. The maximum absolute atomic E-state index is 12.9. The molecule has 2 amide bonds. The highest BCUT2D eigenvalue weighted by Gasteiger charge is 2.35. The van der Waals surface area contributed by atoms with Gasteiger partial charge in [0.1, 0.15) is 6.61 Å². The van der Waals surface area contributed by atoms with Crippen molar-refractivity contribution in [1.29, 1.82) is 5.26 Å². The topological polar surface area (TPSA) is 79.6 Å². The number of thioether (sulfide) groups is 1. The van der Waals surface area contributed by atoms with Gasteiger partial charge in [-0.3, -0.25) is 14.5 Å². The summed E-state index contributed by atoms with van der Waals surface area (Å²) in [5.41, 5.74) is 3.03. The summed E-state index contributed by atoms with van der Waals surface area (Å²) in [7, 11) is 1.53. The van der Waals surface area contributed by atoms with Crippen LogP contribution < -0.4 is 9.47 Å². The number of hydrogen-bond acceptors (Lipinski definition) is 6. The summed E-state index contributed by atoms with van der Waals surface area (Å²) < 4.78 is 13.0. The predicted molar refractivity (Wildman–Crippen MR) is 142 cm³/mol. The van der Waals surface area contributed by atoms with Gasteiger partial charge in [-0.1, -0.05) is 40.2 Å². The Balaban J connectivity index is 1.52. The molecule has 35 heavy (non-hydrogen) atoms. The maximum atomic E-state index is 12.9. The van der Waals surface area contributed by atoms with Gasteiger partial charge in [0.25, 0.3) is 11.1 Å². The minimum atomic E-state index is -0.337. The van der Waals surface area contributed by atoms with Crippen LogP contribution in [0.15, 0.2) is 74.5 Å². The van der Waals surface area contributed by atoms with Crippen LogP contribution in [0.2, 0.25) is 0 Å². The highest BCUT2D eigenvalue weighted by Crippen LogP contribution is 2.39. The van der Waals surface area contributed by atoms with Gasteiger partial charge in [-0.05, 0) is 86.9 Å². The second kappa shape index (κ2) is 11.1. The lowest BCUT2D eigenvalue weighted by atomic mass is 10.1. The van der Waals surface area contributed by atoms with E-state index in [1.807, 2.05) is 36.4 Å². The van der Waals surface area contributed by atoms with Crippen LogP contribution in [0.5, 0.6) is 11.5 Å². The van der Waals surface area contributed by atoms with Gasteiger partial charge in [0, 0.05) is 4.47 Å². The molecule has 176 valence electrons. The standard InChI is InChI=1S/C26H18Br2N2O4S/c1-33-22-11-19(10-21(28)24(22)34-15-17-7-5-16(13-29)6-8-17)12-23-25(31)30(26(32)35-23)14-18-3-2-4-20(27)9-18/h2-12H,14-15H2,1H3/b23-12+. The number of amides is 2. The molecule has 1 heterocycles. The third-order valence-electron chi connectivity index (χ3n) is 5.12. The fourth-order valence-electron chi connectivity index (χ4n) is 3.40. The molecule has 4 rings (SSSR count). The highest BCUT2D eigenvalue weighted by atomic mass is 79.9. The summed E-state index contributed by atoms with van der Waals surface area (Å²) in [6.07, 6.45) is 1.67. The number of ether oxygens (including phenoxy) is 2. The number of imide groups is 1. The zero-order valence-electron chi connectivity index (χ0n) is 18.5. The molecule has 0 atom stereocenters. The van der Waals surface area contributed by atoms with Crippen molar-refractivity contribution >= 4 is 60.8 Å². The van der Waals surface area contributed by atoms with Crippen LogP contribution in [0, 0.1) is 11.3 Å². The lowest BCUT2D eigenvalue weighted by Gasteiger charge is -2.14. The van der Waals surface area contributed by atoms with Crippen LogP contribution in [0.3, 0.4) is 0 Å². The van der Waals surface area contributed by atoms with Crippen molar-refractivity contribution in [2.75, 3.05) is 7.11 Å². The molecule has 0 aromatic heterocycles. The summed E-state index contributed by atoms with van der Waals surface area (Å²) in [5.74, 6) is 0.653. The molecular formula is C26H18Br2N2O4S. The van der Waals surface area contributed by atoms with Crippen molar-refractivity contribution in [2.24, 2.45) is 0 Å². The molecule has 1 aliphatic rings. The van der Waals surface area contributed by atoms with Crippen LogP contribution in [0.4, 0.5) is 4.79 Å². The number of carbonyl (C=O) groups excluding carboxylic acids is 2. The predicted octanol–water partition coefficient (Wildman–Crippen LogP) is 6.91. The highest BCUT2D eigenvalue weighted by molar-refractivity contribution is 9.10. The first-order valence-electron chi connectivity index (χ1n) is 10.4. The SMILES string of the molecule is COc1cc(/C=C2/SC(=O)N(Cc3cccc(Br)c3)C2=O)cc(Br)c1OCc1ccc(C#N)cc1. The van der Waals surface area contributed by atoms with Gasteiger partial charge in [-0.2, -0.15) is 5.26 Å². The Morgan fingerprint density at radius 3 is 2.51 bits per heavy atom. The van der Waals surface area contributed by atoms with Gasteiger partial charge in [0.05, 0.1) is 34.7 Å². The van der Waals surface area contributed by atoms with Gasteiger partial charge >= 0.3 is 0 Å². The average molecular weight is 614 g/mol. The Labute approximate surface area is 223 Å². The smallest absolute Gasteiger partial charge is 0.293 e. The van der Waals surface area contributed by atoms with Crippen LogP contribution in [0.1, 0.15) is 22.3 Å². The molecule has 0 radical (unpaired) electrons. The molecule has 0 unspecified atom stereocenters. The van der Waals surface area contributed by atoms with Crippen LogP contribution in [0.25, 0.3) is 6.08 Å². The Morgan fingerprint density at radius 1 is 1.06 bits per heavy atom. The van der Waals surface area contributed by atoms with Crippen molar-refractivity contribution in [3.8, 4) is 17.6 Å². The number of hydrogen-bond donors (Lipinski definition) is 0. The fraction of sp³-hybridized carbons (Fsp3) is 0.115. The Bertz CT molecular complexity index is 1370. The molecule has 3 aromatic rings. The number of benzene rings is 3. The lowest BCUT2D eigenvalue weighted by molar-refractivity contribution is -0.123. The summed E-state index contributed by atoms with van der Waals surface area (Å²) in [6.45, 7) is 0.491. The van der Waals surface area contributed by atoms with Gasteiger partial charge in [-0.15, -0.1) is 0 Å². The zero-order valence-corrected chi connectivity index (χ0v) is 22.4. The van der Waals surface area contributed by atoms with Crippen LogP contribution in [-0.2, 0) is 17.9 Å². The summed E-state index contributed by atoms with van der Waals surface area (Å²) >= 11 is 7.85. The molecule has 0 aliphatic carbocycles. The Hall–Kier alpha value is -3.06. The number of nitriles is 1. The molecule has 0 spiro atoms. The average Bonchev–Trinajstić information content (AvgIpc) is 3.10. The quantitative estimate of drug-likeness (QED) is 0.270. The van der Waals surface area contributed by atoms with Gasteiger partial charge in [0.2, 0.25) is 0 Å². The van der Waals surface area contributed by atoms with Crippen LogP contribution >= 0.6 is 43.6 Å². The van der Waals surface area contributed by atoms with E-state index in [9.17, 15) is 9.59 Å². The van der Waals surface area contributed by atoms with Gasteiger partial charge in [-0.25, -0.2) is 0 Å². The van der Waals surface area contributed by atoms with Crippen LogP contribution in [-0.4, -0.2) is 23.2 Å². The third-order valence-corrected chi connectivity index (χ3v) is 7.11. The van der Waals surface area contributed by atoms with Crippen molar-refractivity contribution in [3.05, 3.63) is 96.8 Å². The van der Waals surface area contributed by atoms with E-state index in [1.54, 1.807) is 30.3 Å². The van der Waals surface area contributed by atoms with E-state index in [1.165, 1.54) is 12.0 Å². The number of halogens is 2. The normalized spacial score (nSPS) is 14.3. The molecule has 6 nitrogen and oxygen atoms in total. The Morgan fingerprint density at radius 2 is 1.83 bits per heavy atom. The molecule has 9 heteroatoms. The molecular weight excluding hydrogens is 596 g/mol. The molecule has 1 fully saturated rings. The van der Waals surface area contributed by atoms with E-state index < -0.39 is 0 Å². The molecule has 3 aromatic carbocycles. The third kappa shape index (κ3) is 5.96. The molecule has 1 saturated heterocycles.